The zero-order chi connectivity index (χ0) is 8.27. The molecule has 6 heteroatoms. The van der Waals surface area contributed by atoms with Crippen LogP contribution in [0.3, 0.4) is 0 Å². The number of ether oxygens (including phenoxy) is 1. The molecule has 0 radical (unpaired) electrons. The average Bonchev–Trinajstić information content (AvgIpc) is 2.31. The van der Waals surface area contributed by atoms with Gasteiger partial charge < -0.3 is 18.4 Å². The molecular weight excluding hydrogens is 419 g/mol. The second-order valence-electron chi connectivity index (χ2n) is 1.76. The van der Waals surface area contributed by atoms with E-state index in [1.54, 1.807) is 0 Å². The van der Waals surface area contributed by atoms with Crippen molar-refractivity contribution in [3.8, 4) is 0 Å². The van der Waals surface area contributed by atoms with Gasteiger partial charge in [0.25, 0.3) is 0 Å². The normalized spacial score (nSPS) is 8.75. The summed E-state index contributed by atoms with van der Waals surface area (Å²) in [4.78, 5) is 20.5. The van der Waals surface area contributed by atoms with Crippen molar-refractivity contribution in [2.45, 2.75) is 13.5 Å². The van der Waals surface area contributed by atoms with Crippen LogP contribution >= 0.6 is 0 Å². The molecule has 0 aliphatic rings. The molecule has 0 aliphatic heterocycles. The van der Waals surface area contributed by atoms with Gasteiger partial charge in [0.2, 0.25) is 0 Å². The fourth-order valence-corrected chi connectivity index (χ4v) is 0.467. The third-order valence-electron chi connectivity index (χ3n) is 0.861. The SMILES string of the molecule is CC(=O)OCc1[c-]oc(=O)o1.[Rf]. The summed E-state index contributed by atoms with van der Waals surface area (Å²) in [5.41, 5.74) is 0. The summed E-state index contributed by atoms with van der Waals surface area (Å²) < 4.78 is 13.0. The molecule has 1 aromatic rings. The molecule has 0 saturated carbocycles. The first kappa shape index (κ1) is 9.48. The van der Waals surface area contributed by atoms with Crippen LogP contribution in [0, 0.1) is 6.26 Å². The Labute approximate surface area is 61.6 Å². The van der Waals surface area contributed by atoms with E-state index in [-0.39, 0.29) is 12.4 Å². The average molecular weight is 424 g/mol. The van der Waals surface area contributed by atoms with Gasteiger partial charge in [-0.1, -0.05) is 0 Å². The smallest absolute Gasteiger partial charge is 0.345 e. The summed E-state index contributed by atoms with van der Waals surface area (Å²) in [6.45, 7) is 1.12. The summed E-state index contributed by atoms with van der Waals surface area (Å²) in [5, 5.41) is 0. The molecule has 0 N–H and O–H groups in total. The monoisotopic (exact) mass is 424 g/mol. The van der Waals surface area contributed by atoms with Crippen LogP contribution in [-0.2, 0) is 16.1 Å². The minimum Gasteiger partial charge on any atom is -0.584 e. The van der Waals surface area contributed by atoms with Crippen LogP contribution in [0.4, 0.5) is 0 Å². The maximum Gasteiger partial charge on any atom is 0.345 e. The molecule has 0 aliphatic carbocycles. The third kappa shape index (κ3) is 2.38. The first-order valence-corrected chi connectivity index (χ1v) is 2.82. The van der Waals surface area contributed by atoms with Crippen molar-refractivity contribution in [1.82, 2.24) is 0 Å². The quantitative estimate of drug-likeness (QED) is 0.498. The van der Waals surface area contributed by atoms with Crippen molar-refractivity contribution in [2.75, 3.05) is 0 Å². The van der Waals surface area contributed by atoms with Crippen molar-refractivity contribution >= 4 is 5.97 Å². The Kier molecular flexibility index (Phi) is 2.84. The Hall–Kier alpha value is -2.52. The van der Waals surface area contributed by atoms with Crippen molar-refractivity contribution in [2.24, 2.45) is 0 Å². The predicted octanol–water partition coefficient (Wildman–Crippen LogP) is 0.0961. The summed E-state index contributed by atoms with van der Waals surface area (Å²) in [7, 11) is 0. The molecule has 0 unspecified atom stereocenters. The van der Waals surface area contributed by atoms with Crippen LogP contribution in [-0.4, -0.2) is 5.97 Å². The van der Waals surface area contributed by atoms with Crippen LogP contribution in [0.2, 0.25) is 0 Å². The van der Waals surface area contributed by atoms with Crippen LogP contribution in [0.5, 0.6) is 0 Å². The Morgan fingerprint density at radius 1 is 1.67 bits per heavy atom. The Balaban J connectivity index is 0.00000121. The van der Waals surface area contributed by atoms with Gasteiger partial charge in [-0.15, -0.1) is 0 Å². The summed E-state index contributed by atoms with van der Waals surface area (Å²) in [5.74, 6) is -1.24. The zero-order valence-electron chi connectivity index (χ0n) is 6.46. The van der Waals surface area contributed by atoms with E-state index in [9.17, 15) is 9.59 Å². The molecule has 62 valence electrons. The molecule has 1 heterocycles. The molecule has 0 amide bonds. The zero-order valence-corrected chi connectivity index (χ0v) is 12.9. The topological polar surface area (TPSA) is 69.7 Å². The fraction of sp³-hybridized carbons (Fsp3) is 0.333. The molecule has 0 aromatic carbocycles. The molecule has 0 fully saturated rings. The number of carbonyl (C=O) groups is 1. The molecule has 0 bridgehead atoms. The second kappa shape index (κ2) is 3.60. The van der Waals surface area contributed by atoms with Gasteiger partial charge in [-0.3, -0.25) is 4.79 Å². The first-order chi connectivity index (χ1) is 5.18. The first-order valence-electron chi connectivity index (χ1n) is 2.82. The van der Waals surface area contributed by atoms with Gasteiger partial charge in [0.15, 0.2) is 0 Å². The van der Waals surface area contributed by atoms with E-state index in [1.165, 1.54) is 6.92 Å². The van der Waals surface area contributed by atoms with Gasteiger partial charge in [-0.25, -0.2) is 0 Å². The van der Waals surface area contributed by atoms with E-state index < -0.39 is 11.8 Å². The Bertz CT molecular complexity index is 299. The minimum absolute atomic E-state index is 0. The summed E-state index contributed by atoms with van der Waals surface area (Å²) in [6, 6.07) is 0. The van der Waals surface area contributed by atoms with Crippen LogP contribution in [0.1, 0.15) is 12.7 Å². The van der Waals surface area contributed by atoms with Crippen molar-refractivity contribution < 1.29 is 18.4 Å². The molecule has 1 rings (SSSR count). The van der Waals surface area contributed by atoms with Crippen molar-refractivity contribution in [3.63, 3.8) is 0 Å². The van der Waals surface area contributed by atoms with Gasteiger partial charge in [-0.2, -0.15) is 0 Å². The van der Waals surface area contributed by atoms with Gasteiger partial charge in [0, 0.05) is 6.92 Å². The van der Waals surface area contributed by atoms with E-state index in [1.807, 2.05) is 0 Å². The molecule has 0 saturated heterocycles. The van der Waals surface area contributed by atoms with Crippen molar-refractivity contribution in [3.05, 3.63) is 22.6 Å². The van der Waals surface area contributed by atoms with Gasteiger partial charge in [0.1, 0.15) is 6.61 Å². The van der Waals surface area contributed by atoms with E-state index in [0.29, 0.717) is 0 Å². The van der Waals surface area contributed by atoms with Crippen LogP contribution in [0.15, 0.2) is 13.6 Å². The standard InChI is InChI=1S/C6H5O5.Rf/c1-4(7)9-2-5-3-10-6(8)11-5;/h2H2,1H3;/q-1;. The molecule has 0 atom stereocenters. The summed E-state index contributed by atoms with van der Waals surface area (Å²) >= 11 is 0. The third-order valence-corrected chi connectivity index (χ3v) is 0.861. The van der Waals surface area contributed by atoms with E-state index >= 15 is 0 Å². The van der Waals surface area contributed by atoms with Gasteiger partial charge >= 0.3 is 11.8 Å². The minimum atomic E-state index is -0.854. The molecule has 0 spiro atoms. The number of carbonyl (C=O) groups excluding carboxylic acids is 1. The van der Waals surface area contributed by atoms with Gasteiger partial charge in [0.05, 0.1) is 5.76 Å². The maximum absolute atomic E-state index is 10.2. The number of hydrogen-bond acceptors (Lipinski definition) is 5. The maximum atomic E-state index is 10.2. The van der Waals surface area contributed by atoms with Crippen LogP contribution in [0.25, 0.3) is 0 Å². The largest absolute Gasteiger partial charge is 0.584 e. The Morgan fingerprint density at radius 3 is 2.75 bits per heavy atom. The summed E-state index contributed by atoms with van der Waals surface area (Å²) in [6.07, 6.45) is 2.13. The van der Waals surface area contributed by atoms with Crippen molar-refractivity contribution in [1.29, 1.82) is 0 Å². The van der Waals surface area contributed by atoms with E-state index in [4.69, 9.17) is 0 Å². The van der Waals surface area contributed by atoms with Crippen LogP contribution < -0.4 is 5.82 Å². The Morgan fingerprint density at radius 2 is 2.33 bits per heavy atom. The number of hydrogen-bond donors (Lipinski definition) is 0. The molecule has 12 heavy (non-hydrogen) atoms. The van der Waals surface area contributed by atoms with E-state index in [0.717, 1.165) is 0 Å². The van der Waals surface area contributed by atoms with E-state index in [2.05, 4.69) is 19.8 Å². The van der Waals surface area contributed by atoms with Gasteiger partial charge in [-0.05, 0) is 6.26 Å². The molecule has 5 nitrogen and oxygen atoms in total. The second-order valence-corrected chi connectivity index (χ2v) is 1.76. The predicted molar refractivity (Wildman–Crippen MR) is 31.5 cm³/mol. The fourth-order valence-electron chi connectivity index (χ4n) is 0.467. The number of rotatable bonds is 2. The molecular formula is C6H5O5Rf-. The number of esters is 1. The molecule has 1 aromatic heterocycles.